The van der Waals surface area contributed by atoms with Crippen LogP contribution in [0.2, 0.25) is 0 Å². The van der Waals surface area contributed by atoms with E-state index < -0.39 is 0 Å². The molecule has 4 nitrogen and oxygen atoms in total. The van der Waals surface area contributed by atoms with Crippen LogP contribution in [0.15, 0.2) is 30.3 Å². The minimum absolute atomic E-state index is 0.171. The Hall–Kier alpha value is -1.55. The Morgan fingerprint density at radius 3 is 2.79 bits per heavy atom. The molecule has 0 aromatic heterocycles. The fourth-order valence-electron chi connectivity index (χ4n) is 2.94. The quantitative estimate of drug-likeness (QED) is 0.884. The SMILES string of the molecule is O=C(OCc1ccccc1)N1CCCC2(CNC2)C1. The third kappa shape index (κ3) is 2.73. The first-order chi connectivity index (χ1) is 9.27. The number of nitrogens with one attached hydrogen (secondary N) is 1. The summed E-state index contributed by atoms with van der Waals surface area (Å²) >= 11 is 0. The molecular formula is C15H20N2O2. The molecule has 2 fully saturated rings. The van der Waals surface area contributed by atoms with Gasteiger partial charge < -0.3 is 15.0 Å². The van der Waals surface area contributed by atoms with E-state index in [2.05, 4.69) is 5.32 Å². The Balaban J connectivity index is 1.52. The number of hydrogen-bond acceptors (Lipinski definition) is 3. The van der Waals surface area contributed by atoms with Crippen LogP contribution in [0.4, 0.5) is 4.79 Å². The largest absolute Gasteiger partial charge is 0.445 e. The summed E-state index contributed by atoms with van der Waals surface area (Å²) in [7, 11) is 0. The number of carbonyl (C=O) groups is 1. The van der Waals surface area contributed by atoms with Crippen LogP contribution in [0.3, 0.4) is 0 Å². The Bertz CT molecular complexity index is 443. The van der Waals surface area contributed by atoms with Gasteiger partial charge in [0.1, 0.15) is 6.61 Å². The van der Waals surface area contributed by atoms with E-state index in [-0.39, 0.29) is 6.09 Å². The molecule has 1 aromatic carbocycles. The summed E-state index contributed by atoms with van der Waals surface area (Å²) in [5.74, 6) is 0. The molecule has 2 aliphatic rings. The average molecular weight is 260 g/mol. The average Bonchev–Trinajstić information content (AvgIpc) is 2.44. The second-order valence-corrected chi connectivity index (χ2v) is 5.67. The zero-order chi connectivity index (χ0) is 13.1. The number of hydrogen-bond donors (Lipinski definition) is 1. The third-order valence-electron chi connectivity index (χ3n) is 4.12. The summed E-state index contributed by atoms with van der Waals surface area (Å²) in [4.78, 5) is 14.0. The Labute approximate surface area is 113 Å². The van der Waals surface area contributed by atoms with Crippen LogP contribution in [0.25, 0.3) is 0 Å². The molecule has 0 bridgehead atoms. The van der Waals surface area contributed by atoms with Crippen molar-refractivity contribution in [3.05, 3.63) is 35.9 Å². The number of ether oxygens (including phenoxy) is 1. The standard InChI is InChI=1S/C15H20N2O2/c18-14(19-9-13-5-2-1-3-6-13)17-8-4-7-15(12-17)10-16-11-15/h1-3,5-6,16H,4,7-12H2. The topological polar surface area (TPSA) is 41.6 Å². The van der Waals surface area contributed by atoms with Crippen molar-refractivity contribution in [1.29, 1.82) is 0 Å². The molecule has 102 valence electrons. The predicted octanol–water partition coefficient (Wildman–Crippen LogP) is 2.01. The molecule has 1 N–H and O–H groups in total. The van der Waals surface area contributed by atoms with Crippen LogP contribution >= 0.6 is 0 Å². The lowest BCUT2D eigenvalue weighted by molar-refractivity contribution is 0.0266. The van der Waals surface area contributed by atoms with Gasteiger partial charge in [-0.1, -0.05) is 30.3 Å². The Morgan fingerprint density at radius 1 is 1.32 bits per heavy atom. The highest BCUT2D eigenvalue weighted by atomic mass is 16.6. The van der Waals surface area contributed by atoms with E-state index in [1.54, 1.807) is 0 Å². The first kappa shape index (κ1) is 12.5. The van der Waals surface area contributed by atoms with E-state index in [0.29, 0.717) is 12.0 Å². The highest BCUT2D eigenvalue weighted by Gasteiger charge is 2.42. The molecular weight excluding hydrogens is 240 g/mol. The fraction of sp³-hybridized carbons (Fsp3) is 0.533. The van der Waals surface area contributed by atoms with Gasteiger partial charge in [0.05, 0.1) is 0 Å². The maximum Gasteiger partial charge on any atom is 0.410 e. The monoisotopic (exact) mass is 260 g/mol. The van der Waals surface area contributed by atoms with Gasteiger partial charge in [-0.2, -0.15) is 0 Å². The molecule has 0 radical (unpaired) electrons. The van der Waals surface area contributed by atoms with E-state index in [1.165, 1.54) is 6.42 Å². The van der Waals surface area contributed by atoms with Crippen molar-refractivity contribution in [3.63, 3.8) is 0 Å². The van der Waals surface area contributed by atoms with E-state index in [9.17, 15) is 4.79 Å². The summed E-state index contributed by atoms with van der Waals surface area (Å²) in [6.07, 6.45) is 2.14. The van der Waals surface area contributed by atoms with Crippen LogP contribution in [0.5, 0.6) is 0 Å². The summed E-state index contributed by atoms with van der Waals surface area (Å²) in [6.45, 7) is 4.11. The molecule has 1 aromatic rings. The predicted molar refractivity (Wildman–Crippen MR) is 72.7 cm³/mol. The molecule has 1 spiro atoms. The van der Waals surface area contributed by atoms with Gasteiger partial charge >= 0.3 is 6.09 Å². The molecule has 0 unspecified atom stereocenters. The fourth-order valence-corrected chi connectivity index (χ4v) is 2.94. The lowest BCUT2D eigenvalue weighted by Gasteiger charge is -2.48. The molecule has 0 saturated carbocycles. The lowest BCUT2D eigenvalue weighted by Crippen LogP contribution is -2.61. The second kappa shape index (κ2) is 5.21. The minimum Gasteiger partial charge on any atom is -0.445 e. The number of benzene rings is 1. The third-order valence-corrected chi connectivity index (χ3v) is 4.12. The van der Waals surface area contributed by atoms with Crippen molar-refractivity contribution < 1.29 is 9.53 Å². The summed E-state index contributed by atoms with van der Waals surface area (Å²) in [5, 5.41) is 3.31. The van der Waals surface area contributed by atoms with Gasteiger partial charge in [-0.05, 0) is 18.4 Å². The van der Waals surface area contributed by atoms with Crippen molar-refractivity contribution in [2.24, 2.45) is 5.41 Å². The molecule has 3 rings (SSSR count). The van der Waals surface area contributed by atoms with Crippen molar-refractivity contribution in [2.45, 2.75) is 19.4 Å². The second-order valence-electron chi connectivity index (χ2n) is 5.67. The molecule has 0 aliphatic carbocycles. The Morgan fingerprint density at radius 2 is 2.11 bits per heavy atom. The van der Waals surface area contributed by atoms with Gasteiger partial charge in [0.2, 0.25) is 0 Å². The number of amides is 1. The number of carbonyl (C=O) groups excluding carboxylic acids is 1. The van der Waals surface area contributed by atoms with E-state index in [0.717, 1.165) is 38.2 Å². The summed E-state index contributed by atoms with van der Waals surface area (Å²) in [6, 6.07) is 9.82. The number of likely N-dealkylation sites (tertiary alicyclic amines) is 1. The highest BCUT2D eigenvalue weighted by molar-refractivity contribution is 5.67. The molecule has 2 saturated heterocycles. The smallest absolute Gasteiger partial charge is 0.410 e. The van der Waals surface area contributed by atoms with E-state index in [4.69, 9.17) is 4.74 Å². The molecule has 1 amide bonds. The van der Waals surface area contributed by atoms with Gasteiger partial charge in [0, 0.05) is 31.6 Å². The number of piperidine rings is 1. The molecule has 2 aliphatic heterocycles. The summed E-state index contributed by atoms with van der Waals surface area (Å²) < 4.78 is 5.40. The molecule has 2 heterocycles. The maximum absolute atomic E-state index is 12.1. The van der Waals surface area contributed by atoms with Crippen molar-refractivity contribution >= 4 is 6.09 Å². The molecule has 4 heteroatoms. The molecule has 19 heavy (non-hydrogen) atoms. The van der Waals surface area contributed by atoms with Gasteiger partial charge in [0.15, 0.2) is 0 Å². The lowest BCUT2D eigenvalue weighted by atomic mass is 9.75. The first-order valence-electron chi connectivity index (χ1n) is 6.94. The Kier molecular flexibility index (Phi) is 3.42. The van der Waals surface area contributed by atoms with E-state index >= 15 is 0 Å². The number of nitrogens with zero attached hydrogens (tertiary/aromatic N) is 1. The zero-order valence-electron chi connectivity index (χ0n) is 11.1. The van der Waals surface area contributed by atoms with Crippen molar-refractivity contribution in [3.8, 4) is 0 Å². The van der Waals surface area contributed by atoms with Crippen LogP contribution in [0.1, 0.15) is 18.4 Å². The highest BCUT2D eigenvalue weighted by Crippen LogP contribution is 2.33. The van der Waals surface area contributed by atoms with Crippen molar-refractivity contribution in [1.82, 2.24) is 10.2 Å². The van der Waals surface area contributed by atoms with Gasteiger partial charge in [-0.15, -0.1) is 0 Å². The van der Waals surface area contributed by atoms with Crippen LogP contribution in [0, 0.1) is 5.41 Å². The van der Waals surface area contributed by atoms with Crippen LogP contribution in [-0.2, 0) is 11.3 Å². The van der Waals surface area contributed by atoms with Crippen LogP contribution in [-0.4, -0.2) is 37.2 Å². The number of rotatable bonds is 2. The van der Waals surface area contributed by atoms with Gasteiger partial charge in [-0.25, -0.2) is 4.79 Å². The van der Waals surface area contributed by atoms with Gasteiger partial charge in [0.25, 0.3) is 0 Å². The zero-order valence-corrected chi connectivity index (χ0v) is 11.1. The summed E-state index contributed by atoms with van der Waals surface area (Å²) in [5.41, 5.74) is 1.36. The van der Waals surface area contributed by atoms with Crippen LogP contribution < -0.4 is 5.32 Å². The minimum atomic E-state index is -0.171. The first-order valence-corrected chi connectivity index (χ1v) is 6.94. The van der Waals surface area contributed by atoms with Crippen molar-refractivity contribution in [2.75, 3.05) is 26.2 Å². The molecule has 0 atom stereocenters. The van der Waals surface area contributed by atoms with E-state index in [1.807, 2.05) is 35.2 Å². The maximum atomic E-state index is 12.1. The normalized spacial score (nSPS) is 20.9. The van der Waals surface area contributed by atoms with Gasteiger partial charge in [-0.3, -0.25) is 0 Å².